The van der Waals surface area contributed by atoms with Gasteiger partial charge < -0.3 is 11.1 Å². The van der Waals surface area contributed by atoms with Crippen molar-refractivity contribution in [2.75, 3.05) is 29.6 Å². The van der Waals surface area contributed by atoms with Gasteiger partial charge in [-0.3, -0.25) is 4.68 Å². The lowest BCUT2D eigenvalue weighted by Gasteiger charge is -2.06. The van der Waals surface area contributed by atoms with E-state index in [1.54, 1.807) is 18.7 Å². The van der Waals surface area contributed by atoms with Crippen LogP contribution >= 0.6 is 0 Å². The molecule has 1 heterocycles. The van der Waals surface area contributed by atoms with Gasteiger partial charge in [0.25, 0.3) is 0 Å². The molecule has 0 atom stereocenters. The number of hydrogen-bond acceptors (Lipinski definition) is 5. The summed E-state index contributed by atoms with van der Waals surface area (Å²) in [6.45, 7) is 2.14. The third kappa shape index (κ3) is 3.12. The van der Waals surface area contributed by atoms with Gasteiger partial charge >= 0.3 is 0 Å². The second-order valence-electron chi connectivity index (χ2n) is 3.53. The van der Waals surface area contributed by atoms with E-state index in [1.165, 1.54) is 6.26 Å². The fourth-order valence-electron chi connectivity index (χ4n) is 1.24. The van der Waals surface area contributed by atoms with E-state index in [9.17, 15) is 8.42 Å². The van der Waals surface area contributed by atoms with Gasteiger partial charge in [-0.15, -0.1) is 0 Å². The number of anilines is 2. The average molecular weight is 232 g/mol. The smallest absolute Gasteiger partial charge is 0.149 e. The highest BCUT2D eigenvalue weighted by Crippen LogP contribution is 2.20. The number of sulfone groups is 1. The van der Waals surface area contributed by atoms with E-state index in [-0.39, 0.29) is 5.75 Å². The summed E-state index contributed by atoms with van der Waals surface area (Å²) < 4.78 is 23.4. The molecule has 1 rings (SSSR count). The third-order valence-electron chi connectivity index (χ3n) is 2.03. The van der Waals surface area contributed by atoms with Crippen molar-refractivity contribution >= 4 is 21.3 Å². The first-order valence-electron chi connectivity index (χ1n) is 4.52. The summed E-state index contributed by atoms with van der Waals surface area (Å²) in [4.78, 5) is 0. The van der Waals surface area contributed by atoms with Gasteiger partial charge in [-0.05, 0) is 6.92 Å². The third-order valence-corrected chi connectivity index (χ3v) is 2.98. The lowest BCUT2D eigenvalue weighted by atomic mass is 10.4. The van der Waals surface area contributed by atoms with Gasteiger partial charge in [0, 0.05) is 19.8 Å². The Bertz CT molecular complexity index is 449. The molecule has 1 aromatic rings. The van der Waals surface area contributed by atoms with Crippen LogP contribution in [-0.4, -0.2) is 36.8 Å². The maximum atomic E-state index is 10.9. The van der Waals surface area contributed by atoms with Crippen LogP contribution in [0.15, 0.2) is 0 Å². The van der Waals surface area contributed by atoms with Crippen molar-refractivity contribution in [2.24, 2.45) is 7.05 Å². The molecule has 0 aliphatic rings. The van der Waals surface area contributed by atoms with Gasteiger partial charge in [0.1, 0.15) is 15.7 Å². The van der Waals surface area contributed by atoms with Crippen molar-refractivity contribution in [1.82, 2.24) is 9.78 Å². The minimum Gasteiger partial charge on any atom is -0.394 e. The molecule has 0 aliphatic heterocycles. The molecule has 3 N–H and O–H groups in total. The van der Waals surface area contributed by atoms with E-state index in [1.807, 2.05) is 0 Å². The molecule has 0 bridgehead atoms. The van der Waals surface area contributed by atoms with Crippen LogP contribution in [0.3, 0.4) is 0 Å². The monoisotopic (exact) mass is 232 g/mol. The molecule has 0 amide bonds. The summed E-state index contributed by atoms with van der Waals surface area (Å²) in [6.07, 6.45) is 1.20. The fraction of sp³-hybridized carbons (Fsp3) is 0.625. The maximum absolute atomic E-state index is 10.9. The van der Waals surface area contributed by atoms with Crippen LogP contribution < -0.4 is 11.1 Å². The minimum atomic E-state index is -2.95. The fourth-order valence-corrected chi connectivity index (χ4v) is 1.71. The molecule has 0 spiro atoms. The Morgan fingerprint density at radius 2 is 2.13 bits per heavy atom. The molecule has 0 aromatic carbocycles. The van der Waals surface area contributed by atoms with Crippen LogP contribution in [0.4, 0.5) is 11.5 Å². The number of rotatable bonds is 4. The zero-order chi connectivity index (χ0) is 11.6. The van der Waals surface area contributed by atoms with Crippen molar-refractivity contribution < 1.29 is 8.42 Å². The van der Waals surface area contributed by atoms with E-state index in [2.05, 4.69) is 10.4 Å². The van der Waals surface area contributed by atoms with Crippen LogP contribution in [0.2, 0.25) is 0 Å². The normalized spacial score (nSPS) is 11.7. The summed E-state index contributed by atoms with van der Waals surface area (Å²) in [6, 6.07) is 0. The van der Waals surface area contributed by atoms with Gasteiger partial charge in [-0.1, -0.05) is 0 Å². The Kier molecular flexibility index (Phi) is 3.23. The van der Waals surface area contributed by atoms with E-state index >= 15 is 0 Å². The highest BCUT2D eigenvalue weighted by atomic mass is 32.2. The number of hydrogen-bond donors (Lipinski definition) is 2. The van der Waals surface area contributed by atoms with Crippen LogP contribution in [0.25, 0.3) is 0 Å². The van der Waals surface area contributed by atoms with E-state index in [0.29, 0.717) is 18.1 Å². The van der Waals surface area contributed by atoms with Gasteiger partial charge in [-0.25, -0.2) is 8.42 Å². The second-order valence-corrected chi connectivity index (χ2v) is 5.79. The van der Waals surface area contributed by atoms with Crippen LogP contribution in [0.5, 0.6) is 0 Å². The van der Waals surface area contributed by atoms with Crippen molar-refractivity contribution in [3.8, 4) is 0 Å². The zero-order valence-electron chi connectivity index (χ0n) is 9.11. The zero-order valence-corrected chi connectivity index (χ0v) is 9.93. The predicted octanol–water partition coefficient (Wildman–Crippen LogP) is -0.233. The molecule has 0 aliphatic carbocycles. The van der Waals surface area contributed by atoms with Crippen molar-refractivity contribution in [2.45, 2.75) is 6.92 Å². The Morgan fingerprint density at radius 1 is 1.53 bits per heavy atom. The summed E-state index contributed by atoms with van der Waals surface area (Å²) in [7, 11) is -1.19. The average Bonchev–Trinajstić information content (AvgIpc) is 2.29. The van der Waals surface area contributed by atoms with E-state index < -0.39 is 9.84 Å². The Hall–Kier alpha value is -1.24. The van der Waals surface area contributed by atoms with Gasteiger partial charge in [0.15, 0.2) is 0 Å². The SMILES string of the molecule is Cc1nn(C)c(NCCS(C)(=O)=O)c1N. The predicted molar refractivity (Wildman–Crippen MR) is 60.6 cm³/mol. The first-order chi connectivity index (χ1) is 6.81. The number of nitrogens with two attached hydrogens (primary N) is 1. The number of aryl methyl sites for hydroxylation is 2. The van der Waals surface area contributed by atoms with Crippen molar-refractivity contribution in [3.63, 3.8) is 0 Å². The molecule has 0 fully saturated rings. The van der Waals surface area contributed by atoms with Crippen LogP contribution in [0.1, 0.15) is 5.69 Å². The summed E-state index contributed by atoms with van der Waals surface area (Å²) >= 11 is 0. The van der Waals surface area contributed by atoms with Crippen molar-refractivity contribution in [1.29, 1.82) is 0 Å². The molecule has 1 aromatic heterocycles. The number of nitrogens with one attached hydrogen (secondary N) is 1. The molecule has 0 unspecified atom stereocenters. The number of aromatic nitrogens is 2. The van der Waals surface area contributed by atoms with Crippen molar-refractivity contribution in [3.05, 3.63) is 5.69 Å². The minimum absolute atomic E-state index is 0.0800. The molecule has 15 heavy (non-hydrogen) atoms. The molecule has 0 radical (unpaired) electrons. The lowest BCUT2D eigenvalue weighted by Crippen LogP contribution is -2.16. The number of nitrogen functional groups attached to an aromatic ring is 1. The van der Waals surface area contributed by atoms with E-state index in [4.69, 9.17) is 5.73 Å². The Labute approximate surface area is 89.4 Å². The Balaban J connectivity index is 2.66. The molecule has 86 valence electrons. The molecular formula is C8H16N4O2S. The van der Waals surface area contributed by atoms with Gasteiger partial charge in [-0.2, -0.15) is 5.10 Å². The second kappa shape index (κ2) is 4.09. The van der Waals surface area contributed by atoms with Gasteiger partial charge in [0.2, 0.25) is 0 Å². The number of nitrogens with zero attached hydrogens (tertiary/aromatic N) is 2. The molecule has 0 saturated carbocycles. The molecule has 0 saturated heterocycles. The quantitative estimate of drug-likeness (QED) is 0.748. The van der Waals surface area contributed by atoms with Gasteiger partial charge in [0.05, 0.1) is 17.1 Å². The topological polar surface area (TPSA) is 90.0 Å². The lowest BCUT2D eigenvalue weighted by molar-refractivity contribution is 0.602. The first kappa shape index (κ1) is 11.8. The van der Waals surface area contributed by atoms with E-state index in [0.717, 1.165) is 5.69 Å². The molecule has 6 nitrogen and oxygen atoms in total. The maximum Gasteiger partial charge on any atom is 0.149 e. The summed E-state index contributed by atoms with van der Waals surface area (Å²) in [5.41, 5.74) is 7.05. The highest BCUT2D eigenvalue weighted by molar-refractivity contribution is 7.90. The van der Waals surface area contributed by atoms with Crippen LogP contribution in [0, 0.1) is 6.92 Å². The summed E-state index contributed by atoms with van der Waals surface area (Å²) in [5.74, 6) is 0.743. The van der Waals surface area contributed by atoms with Crippen LogP contribution in [-0.2, 0) is 16.9 Å². The molecular weight excluding hydrogens is 216 g/mol. The molecule has 7 heteroatoms. The standard InChI is InChI=1S/C8H16N4O2S/c1-6-7(9)8(12(2)11-6)10-4-5-15(3,13)14/h10H,4-5,9H2,1-3H3. The largest absolute Gasteiger partial charge is 0.394 e. The summed E-state index contributed by atoms with van der Waals surface area (Å²) in [5, 5.41) is 7.06. The Morgan fingerprint density at radius 3 is 2.53 bits per heavy atom. The highest BCUT2D eigenvalue weighted by Gasteiger charge is 2.10. The first-order valence-corrected chi connectivity index (χ1v) is 6.58.